The lowest BCUT2D eigenvalue weighted by Gasteiger charge is -2.24. The maximum absolute atomic E-state index is 13.3. The molecule has 0 fully saturated rings. The summed E-state index contributed by atoms with van der Waals surface area (Å²) in [6.45, 7) is 0.269. The van der Waals surface area contributed by atoms with Crippen LogP contribution in [-0.2, 0) is 0 Å². The lowest BCUT2D eigenvalue weighted by atomic mass is 10.2. The molecule has 0 spiro atoms. The van der Waals surface area contributed by atoms with Crippen LogP contribution in [-0.4, -0.2) is 21.2 Å². The Hall–Kier alpha value is -3.26. The Labute approximate surface area is 156 Å². The molecule has 0 amide bonds. The van der Waals surface area contributed by atoms with Gasteiger partial charge in [0.2, 0.25) is 4.96 Å². The van der Waals surface area contributed by atoms with Crippen LogP contribution in [0.2, 0.25) is 0 Å². The molecular weight excluding hydrogens is 369 g/mol. The molecule has 4 aromatic rings. The van der Waals surface area contributed by atoms with E-state index in [1.807, 2.05) is 24.3 Å². The first kappa shape index (κ1) is 16.0. The molecule has 0 bridgehead atoms. The average Bonchev–Trinajstić information content (AvgIpc) is 3.21. The molecule has 5 rings (SSSR count). The fourth-order valence-corrected chi connectivity index (χ4v) is 3.79. The summed E-state index contributed by atoms with van der Waals surface area (Å²) in [5.41, 5.74) is 0.313. The van der Waals surface area contributed by atoms with Crippen molar-refractivity contribution in [3.05, 3.63) is 80.6 Å². The van der Waals surface area contributed by atoms with E-state index in [0.29, 0.717) is 32.4 Å². The Balaban J connectivity index is 1.50. The van der Waals surface area contributed by atoms with Gasteiger partial charge in [-0.2, -0.15) is 9.50 Å². The quantitative estimate of drug-likeness (QED) is 0.533. The van der Waals surface area contributed by atoms with Crippen molar-refractivity contribution in [2.75, 3.05) is 6.61 Å². The van der Waals surface area contributed by atoms with Crippen molar-refractivity contribution >= 4 is 22.4 Å². The van der Waals surface area contributed by atoms with Crippen molar-refractivity contribution in [3.8, 4) is 11.5 Å². The molecule has 134 valence electrons. The SMILES string of the molecule is O=c1/c(=C\c2cccc(F)c2)sc2nc([C@@H]3COc4ccccc4O3)nn12. The van der Waals surface area contributed by atoms with Gasteiger partial charge < -0.3 is 9.47 Å². The highest BCUT2D eigenvalue weighted by Crippen LogP contribution is 2.35. The number of benzene rings is 2. The molecule has 0 saturated heterocycles. The predicted molar refractivity (Wildman–Crippen MR) is 97.6 cm³/mol. The summed E-state index contributed by atoms with van der Waals surface area (Å²) in [5, 5.41) is 4.29. The van der Waals surface area contributed by atoms with Crippen LogP contribution in [0.1, 0.15) is 17.5 Å². The monoisotopic (exact) mass is 381 g/mol. The highest BCUT2D eigenvalue weighted by atomic mass is 32.1. The van der Waals surface area contributed by atoms with Gasteiger partial charge in [0.05, 0.1) is 4.53 Å². The van der Waals surface area contributed by atoms with Crippen LogP contribution in [0.25, 0.3) is 11.0 Å². The zero-order chi connectivity index (χ0) is 18.4. The number of halogens is 1. The summed E-state index contributed by atoms with van der Waals surface area (Å²) >= 11 is 1.20. The fraction of sp³-hybridized carbons (Fsp3) is 0.105. The molecule has 0 N–H and O–H groups in total. The number of fused-ring (bicyclic) bond motifs is 2. The third kappa shape index (κ3) is 2.83. The highest BCUT2D eigenvalue weighted by Gasteiger charge is 2.27. The van der Waals surface area contributed by atoms with E-state index in [4.69, 9.17) is 9.47 Å². The van der Waals surface area contributed by atoms with E-state index >= 15 is 0 Å². The number of para-hydroxylation sites is 2. The van der Waals surface area contributed by atoms with Crippen LogP contribution < -0.4 is 19.6 Å². The van der Waals surface area contributed by atoms with Gasteiger partial charge in [0, 0.05) is 0 Å². The van der Waals surface area contributed by atoms with Crippen LogP contribution in [0.5, 0.6) is 11.5 Å². The lowest BCUT2D eigenvalue weighted by Crippen LogP contribution is -2.26. The number of thiazole rings is 1. The summed E-state index contributed by atoms with van der Waals surface area (Å²) < 4.78 is 26.6. The summed E-state index contributed by atoms with van der Waals surface area (Å²) in [4.78, 5) is 17.5. The molecule has 0 aliphatic carbocycles. The molecule has 0 saturated carbocycles. The average molecular weight is 381 g/mol. The van der Waals surface area contributed by atoms with Crippen molar-refractivity contribution in [1.82, 2.24) is 14.6 Å². The summed E-state index contributed by atoms with van der Waals surface area (Å²) in [6, 6.07) is 13.4. The van der Waals surface area contributed by atoms with Crippen molar-refractivity contribution in [2.24, 2.45) is 0 Å². The molecule has 6 nitrogen and oxygen atoms in total. The standard InChI is InChI=1S/C19H12FN3O3S/c20-12-5-3-4-11(8-12)9-16-18(24)23-19(27-16)21-17(22-23)15-10-25-13-6-1-2-7-14(13)26-15/h1-9,15H,10H2/b16-9+/t15-/m0/s1. The first-order chi connectivity index (χ1) is 13.2. The zero-order valence-corrected chi connectivity index (χ0v) is 14.6. The molecular formula is C19H12FN3O3S. The van der Waals surface area contributed by atoms with Gasteiger partial charge in [0.1, 0.15) is 12.4 Å². The second-order valence-electron chi connectivity index (χ2n) is 6.00. The number of ether oxygens (including phenoxy) is 2. The molecule has 1 atom stereocenters. The van der Waals surface area contributed by atoms with Gasteiger partial charge in [-0.05, 0) is 35.9 Å². The minimum atomic E-state index is -0.484. The van der Waals surface area contributed by atoms with Gasteiger partial charge in [-0.1, -0.05) is 35.6 Å². The van der Waals surface area contributed by atoms with Gasteiger partial charge >= 0.3 is 0 Å². The Bertz CT molecular complexity index is 1270. The van der Waals surface area contributed by atoms with Gasteiger partial charge in [0.25, 0.3) is 5.56 Å². The molecule has 27 heavy (non-hydrogen) atoms. The van der Waals surface area contributed by atoms with Gasteiger partial charge in [-0.25, -0.2) is 4.39 Å². The largest absolute Gasteiger partial charge is 0.485 e. The maximum atomic E-state index is 13.3. The number of aromatic nitrogens is 3. The third-order valence-electron chi connectivity index (χ3n) is 4.14. The number of hydrogen-bond acceptors (Lipinski definition) is 6. The molecule has 1 aliphatic heterocycles. The van der Waals surface area contributed by atoms with Gasteiger partial charge in [0.15, 0.2) is 23.4 Å². The van der Waals surface area contributed by atoms with E-state index in [9.17, 15) is 9.18 Å². The minimum Gasteiger partial charge on any atom is -0.485 e. The molecule has 0 unspecified atom stereocenters. The Morgan fingerprint density at radius 3 is 2.85 bits per heavy atom. The zero-order valence-electron chi connectivity index (χ0n) is 13.8. The van der Waals surface area contributed by atoms with Crippen molar-refractivity contribution in [1.29, 1.82) is 0 Å². The fourth-order valence-electron chi connectivity index (χ4n) is 2.88. The number of rotatable bonds is 2. The summed E-state index contributed by atoms with van der Waals surface area (Å²) in [6.07, 6.45) is 1.14. The highest BCUT2D eigenvalue weighted by molar-refractivity contribution is 7.15. The van der Waals surface area contributed by atoms with Crippen molar-refractivity contribution in [3.63, 3.8) is 0 Å². The van der Waals surface area contributed by atoms with Crippen LogP contribution in [0.15, 0.2) is 53.3 Å². The lowest BCUT2D eigenvalue weighted by molar-refractivity contribution is 0.0852. The molecule has 2 aromatic heterocycles. The Morgan fingerprint density at radius 1 is 1.19 bits per heavy atom. The number of nitrogens with zero attached hydrogens (tertiary/aromatic N) is 3. The maximum Gasteiger partial charge on any atom is 0.291 e. The normalized spacial score (nSPS) is 16.8. The first-order valence-electron chi connectivity index (χ1n) is 8.23. The molecule has 2 aromatic carbocycles. The molecule has 0 radical (unpaired) electrons. The summed E-state index contributed by atoms with van der Waals surface area (Å²) in [5.74, 6) is 1.33. The van der Waals surface area contributed by atoms with Crippen LogP contribution in [0.3, 0.4) is 0 Å². The Morgan fingerprint density at radius 2 is 2.04 bits per heavy atom. The molecule has 8 heteroatoms. The van der Waals surface area contributed by atoms with E-state index in [0.717, 1.165) is 0 Å². The van der Waals surface area contributed by atoms with Crippen LogP contribution >= 0.6 is 11.3 Å². The van der Waals surface area contributed by atoms with Gasteiger partial charge in [-0.15, -0.1) is 5.10 Å². The molecule has 1 aliphatic rings. The van der Waals surface area contributed by atoms with Crippen LogP contribution in [0, 0.1) is 5.82 Å². The number of hydrogen-bond donors (Lipinski definition) is 0. The van der Waals surface area contributed by atoms with E-state index in [1.54, 1.807) is 18.2 Å². The van der Waals surface area contributed by atoms with E-state index in [-0.39, 0.29) is 18.0 Å². The molecule has 3 heterocycles. The minimum absolute atomic E-state index is 0.269. The summed E-state index contributed by atoms with van der Waals surface area (Å²) in [7, 11) is 0. The topological polar surface area (TPSA) is 65.7 Å². The van der Waals surface area contributed by atoms with E-state index < -0.39 is 6.10 Å². The first-order valence-corrected chi connectivity index (χ1v) is 9.04. The van der Waals surface area contributed by atoms with Crippen LogP contribution in [0.4, 0.5) is 4.39 Å². The van der Waals surface area contributed by atoms with Crippen molar-refractivity contribution < 1.29 is 13.9 Å². The second kappa shape index (κ2) is 6.17. The van der Waals surface area contributed by atoms with E-state index in [1.165, 1.54) is 28.0 Å². The van der Waals surface area contributed by atoms with Crippen molar-refractivity contribution in [2.45, 2.75) is 6.10 Å². The van der Waals surface area contributed by atoms with Gasteiger partial charge in [-0.3, -0.25) is 4.79 Å². The Kier molecular flexibility index (Phi) is 3.64. The third-order valence-corrected chi connectivity index (χ3v) is 5.10. The van der Waals surface area contributed by atoms with E-state index in [2.05, 4.69) is 10.1 Å². The second-order valence-corrected chi connectivity index (χ2v) is 7.01. The smallest absolute Gasteiger partial charge is 0.291 e. The predicted octanol–water partition coefficient (Wildman–Crippen LogP) is 2.35.